The number of aliphatic imine (C=N–C) groups is 1. The average Bonchev–Trinajstić information content (AvgIpc) is 3.35. The molecule has 0 aliphatic carbocycles. The molecule has 2 aromatic carbocycles. The van der Waals surface area contributed by atoms with E-state index >= 15 is 0 Å². The largest absolute Gasteiger partial charge is 0.497 e. The first-order valence-corrected chi connectivity index (χ1v) is 12.1. The van der Waals surface area contributed by atoms with Gasteiger partial charge in [-0.05, 0) is 66.8 Å². The number of methoxy groups -OCH3 is 1. The Bertz CT molecular complexity index is 1220. The van der Waals surface area contributed by atoms with E-state index in [4.69, 9.17) is 14.3 Å². The molecule has 0 saturated heterocycles. The van der Waals surface area contributed by atoms with Crippen LogP contribution >= 0.6 is 11.8 Å². The maximum absolute atomic E-state index is 13.5. The Kier molecular flexibility index (Phi) is 7.17. The predicted molar refractivity (Wildman–Crippen MR) is 136 cm³/mol. The van der Waals surface area contributed by atoms with Gasteiger partial charge in [-0.2, -0.15) is 4.98 Å². The van der Waals surface area contributed by atoms with Crippen LogP contribution in [0.4, 0.5) is 5.69 Å². The maximum Gasteiger partial charge on any atom is 0.283 e. The molecule has 0 fully saturated rings. The van der Waals surface area contributed by atoms with Crippen molar-refractivity contribution in [2.75, 3.05) is 12.0 Å². The summed E-state index contributed by atoms with van der Waals surface area (Å²) in [6.45, 7) is 8.25. The Hall–Kier alpha value is -3.39. The van der Waals surface area contributed by atoms with Crippen molar-refractivity contribution in [2.24, 2.45) is 10.9 Å². The first-order chi connectivity index (χ1) is 16.3. The van der Waals surface area contributed by atoms with E-state index in [0.717, 1.165) is 34.5 Å². The molecule has 1 amide bonds. The number of aryl methyl sites for hydroxylation is 2. The number of benzene rings is 2. The number of anilines is 1. The first-order valence-electron chi connectivity index (χ1n) is 11.1. The summed E-state index contributed by atoms with van der Waals surface area (Å²) in [5.41, 5.74) is 4.20. The minimum atomic E-state index is -0.170. The quantitative estimate of drug-likeness (QED) is 0.415. The zero-order chi connectivity index (χ0) is 24.2. The standard InChI is InChI=1S/C26H28N4O3S/c1-16(2)10-24-28-23(29-33-24)15-34-26-27-22(14-19-6-8-21(32-5)9-7-19)25(31)30(26)20-12-17(3)11-18(4)13-20/h6-9,11-14,16H,10,15H2,1-5H3/b22-14+. The number of amidine groups is 1. The van der Waals surface area contributed by atoms with Gasteiger partial charge in [-0.3, -0.25) is 9.69 Å². The molecule has 0 unspecified atom stereocenters. The topological polar surface area (TPSA) is 80.8 Å². The lowest BCUT2D eigenvalue weighted by Crippen LogP contribution is -2.30. The highest BCUT2D eigenvalue weighted by atomic mass is 32.2. The van der Waals surface area contributed by atoms with Crippen LogP contribution in [0.25, 0.3) is 6.08 Å². The van der Waals surface area contributed by atoms with Crippen LogP contribution in [-0.2, 0) is 17.0 Å². The van der Waals surface area contributed by atoms with Gasteiger partial charge in [-0.25, -0.2) is 4.99 Å². The van der Waals surface area contributed by atoms with Crippen LogP contribution in [0.3, 0.4) is 0 Å². The van der Waals surface area contributed by atoms with Gasteiger partial charge in [0.1, 0.15) is 11.4 Å². The number of ether oxygens (including phenoxy) is 1. The Balaban J connectivity index is 1.63. The van der Waals surface area contributed by atoms with Gasteiger partial charge in [0.05, 0.1) is 18.6 Å². The van der Waals surface area contributed by atoms with Crippen LogP contribution in [0.2, 0.25) is 0 Å². The molecule has 2 heterocycles. The van der Waals surface area contributed by atoms with Crippen molar-refractivity contribution in [1.82, 2.24) is 10.1 Å². The fraction of sp³-hybridized carbons (Fsp3) is 0.308. The minimum absolute atomic E-state index is 0.170. The second-order valence-corrected chi connectivity index (χ2v) is 9.62. The van der Waals surface area contributed by atoms with E-state index in [1.54, 1.807) is 18.1 Å². The number of rotatable bonds is 7. The van der Waals surface area contributed by atoms with Crippen molar-refractivity contribution >= 4 is 34.6 Å². The zero-order valence-corrected chi connectivity index (χ0v) is 20.8. The normalized spacial score (nSPS) is 14.9. The van der Waals surface area contributed by atoms with Gasteiger partial charge in [-0.1, -0.05) is 49.0 Å². The third-order valence-corrected chi connectivity index (χ3v) is 6.07. The molecular formula is C26H28N4O3S. The molecule has 0 radical (unpaired) electrons. The molecule has 0 spiro atoms. The van der Waals surface area contributed by atoms with Crippen LogP contribution in [0.5, 0.6) is 5.75 Å². The van der Waals surface area contributed by atoms with E-state index < -0.39 is 0 Å². The highest BCUT2D eigenvalue weighted by Gasteiger charge is 2.32. The van der Waals surface area contributed by atoms with Gasteiger partial charge in [0.25, 0.3) is 5.91 Å². The number of nitrogens with zero attached hydrogens (tertiary/aromatic N) is 4. The van der Waals surface area contributed by atoms with Crippen LogP contribution < -0.4 is 9.64 Å². The van der Waals surface area contributed by atoms with Crippen molar-refractivity contribution in [2.45, 2.75) is 39.9 Å². The fourth-order valence-corrected chi connectivity index (χ4v) is 4.52. The lowest BCUT2D eigenvalue weighted by Gasteiger charge is -2.18. The van der Waals surface area contributed by atoms with E-state index in [1.807, 2.05) is 50.2 Å². The van der Waals surface area contributed by atoms with E-state index in [-0.39, 0.29) is 5.91 Å². The lowest BCUT2D eigenvalue weighted by molar-refractivity contribution is -0.113. The second-order valence-electron chi connectivity index (χ2n) is 8.67. The van der Waals surface area contributed by atoms with Crippen LogP contribution in [0.1, 0.15) is 42.3 Å². The summed E-state index contributed by atoms with van der Waals surface area (Å²) >= 11 is 1.42. The van der Waals surface area contributed by atoms with Crippen molar-refractivity contribution in [3.63, 3.8) is 0 Å². The smallest absolute Gasteiger partial charge is 0.283 e. The Morgan fingerprint density at radius 3 is 2.47 bits per heavy atom. The monoisotopic (exact) mass is 476 g/mol. The molecule has 0 bridgehead atoms. The van der Waals surface area contributed by atoms with Gasteiger partial charge in [0.15, 0.2) is 11.0 Å². The number of thioether (sulfide) groups is 1. The molecule has 0 atom stereocenters. The van der Waals surface area contributed by atoms with Gasteiger partial charge in [0, 0.05) is 6.42 Å². The van der Waals surface area contributed by atoms with Gasteiger partial charge in [0.2, 0.25) is 5.89 Å². The highest BCUT2D eigenvalue weighted by molar-refractivity contribution is 8.13. The maximum atomic E-state index is 13.5. The molecule has 176 valence electrons. The number of hydrogen-bond acceptors (Lipinski definition) is 7. The molecule has 1 aromatic heterocycles. The number of aromatic nitrogens is 2. The van der Waals surface area contributed by atoms with E-state index in [9.17, 15) is 4.79 Å². The molecule has 8 heteroatoms. The fourth-order valence-electron chi connectivity index (χ4n) is 3.67. The Morgan fingerprint density at radius 1 is 1.12 bits per heavy atom. The molecule has 7 nitrogen and oxygen atoms in total. The molecule has 4 rings (SSSR count). The van der Waals surface area contributed by atoms with Crippen molar-refractivity contribution in [1.29, 1.82) is 0 Å². The summed E-state index contributed by atoms with van der Waals surface area (Å²) in [5, 5.41) is 4.67. The average molecular weight is 477 g/mol. The summed E-state index contributed by atoms with van der Waals surface area (Å²) in [4.78, 5) is 24.3. The Morgan fingerprint density at radius 2 is 1.82 bits per heavy atom. The van der Waals surface area contributed by atoms with Crippen molar-refractivity contribution < 1.29 is 14.1 Å². The number of amides is 1. The second kappa shape index (κ2) is 10.3. The Labute approximate surface area is 203 Å². The van der Waals surface area contributed by atoms with Crippen LogP contribution in [-0.4, -0.2) is 28.3 Å². The number of carbonyl (C=O) groups is 1. The molecule has 34 heavy (non-hydrogen) atoms. The summed E-state index contributed by atoms with van der Waals surface area (Å²) in [6, 6.07) is 13.6. The van der Waals surface area contributed by atoms with E-state index in [2.05, 4.69) is 30.1 Å². The molecule has 1 aliphatic rings. The molecular weight excluding hydrogens is 448 g/mol. The van der Waals surface area contributed by atoms with E-state index in [1.165, 1.54) is 11.8 Å². The third-order valence-electron chi connectivity index (χ3n) is 5.14. The molecule has 0 N–H and O–H groups in total. The summed E-state index contributed by atoms with van der Waals surface area (Å²) in [5.74, 6) is 2.68. The summed E-state index contributed by atoms with van der Waals surface area (Å²) in [7, 11) is 1.62. The summed E-state index contributed by atoms with van der Waals surface area (Å²) in [6.07, 6.45) is 2.53. The molecule has 3 aromatic rings. The zero-order valence-electron chi connectivity index (χ0n) is 20.0. The third kappa shape index (κ3) is 5.56. The van der Waals surface area contributed by atoms with Crippen LogP contribution in [0, 0.1) is 19.8 Å². The number of carbonyl (C=O) groups excluding carboxylic acids is 1. The van der Waals surface area contributed by atoms with Crippen LogP contribution in [0.15, 0.2) is 57.7 Å². The summed E-state index contributed by atoms with van der Waals surface area (Å²) < 4.78 is 10.6. The molecule has 1 aliphatic heterocycles. The van der Waals surface area contributed by atoms with Crippen molar-refractivity contribution in [3.8, 4) is 5.75 Å². The first kappa shape index (κ1) is 23.8. The SMILES string of the molecule is COc1ccc(/C=C2/N=C(SCc3noc(CC(C)C)n3)N(c3cc(C)cc(C)c3)C2=O)cc1. The minimum Gasteiger partial charge on any atom is -0.497 e. The van der Waals surface area contributed by atoms with Gasteiger partial charge >= 0.3 is 0 Å². The van der Waals surface area contributed by atoms with E-state index in [0.29, 0.717) is 34.3 Å². The predicted octanol–water partition coefficient (Wildman–Crippen LogP) is 5.57. The van der Waals surface area contributed by atoms with Gasteiger partial charge < -0.3 is 9.26 Å². The number of hydrogen-bond donors (Lipinski definition) is 0. The highest BCUT2D eigenvalue weighted by Crippen LogP contribution is 2.32. The van der Waals surface area contributed by atoms with Gasteiger partial charge in [-0.15, -0.1) is 0 Å². The van der Waals surface area contributed by atoms with Crippen molar-refractivity contribution in [3.05, 3.63) is 76.6 Å². The lowest BCUT2D eigenvalue weighted by atomic mass is 10.1. The molecule has 0 saturated carbocycles.